The molecule has 0 bridgehead atoms. The van der Waals surface area contributed by atoms with Gasteiger partial charge in [0.1, 0.15) is 22.3 Å². The molecule has 2 aromatic heterocycles. The minimum Gasteiger partial charge on any atom is -0.309 e. The molecule has 30 heavy (non-hydrogen) atoms. The Labute approximate surface area is 176 Å². The monoisotopic (exact) mass is 425 g/mol. The van der Waals surface area contributed by atoms with Crippen molar-refractivity contribution in [3.8, 4) is 11.1 Å². The van der Waals surface area contributed by atoms with Crippen molar-refractivity contribution in [2.24, 2.45) is 0 Å². The molecule has 0 aliphatic rings. The fraction of sp³-hybridized carbons (Fsp3) is 0.217. The molecule has 0 aliphatic carbocycles. The van der Waals surface area contributed by atoms with E-state index in [1.807, 2.05) is 38.1 Å². The lowest BCUT2D eigenvalue weighted by atomic mass is 10.0. The van der Waals surface area contributed by atoms with Gasteiger partial charge in [0.05, 0.1) is 11.9 Å². The zero-order valence-electron chi connectivity index (χ0n) is 16.8. The third kappa shape index (κ3) is 3.91. The summed E-state index contributed by atoms with van der Waals surface area (Å²) in [6.45, 7) is 6.03. The summed E-state index contributed by atoms with van der Waals surface area (Å²) in [6, 6.07) is 11.2. The second-order valence-corrected chi connectivity index (χ2v) is 8.56. The Morgan fingerprint density at radius 3 is 2.57 bits per heavy atom. The summed E-state index contributed by atoms with van der Waals surface area (Å²) < 4.78 is 27.1. The van der Waals surface area contributed by atoms with Gasteiger partial charge in [-0.3, -0.25) is 4.79 Å². The summed E-state index contributed by atoms with van der Waals surface area (Å²) in [7, 11) is 0. The van der Waals surface area contributed by atoms with Crippen molar-refractivity contribution < 1.29 is 8.78 Å². The molecule has 0 saturated carbocycles. The highest BCUT2D eigenvalue weighted by molar-refractivity contribution is 7.19. The first-order valence-electron chi connectivity index (χ1n) is 9.61. The van der Waals surface area contributed by atoms with Crippen LogP contribution in [0.3, 0.4) is 0 Å². The molecular formula is C23H21F2N3OS. The van der Waals surface area contributed by atoms with E-state index < -0.39 is 11.6 Å². The second-order valence-electron chi connectivity index (χ2n) is 7.36. The smallest absolute Gasteiger partial charge is 0.260 e. The Kier molecular flexibility index (Phi) is 5.49. The fourth-order valence-electron chi connectivity index (χ4n) is 3.53. The number of benzene rings is 2. The molecule has 1 atom stereocenters. The van der Waals surface area contributed by atoms with E-state index in [4.69, 9.17) is 0 Å². The number of nitrogens with zero attached hydrogens (tertiary/aromatic N) is 1. The van der Waals surface area contributed by atoms with Crippen LogP contribution in [0.2, 0.25) is 0 Å². The summed E-state index contributed by atoms with van der Waals surface area (Å²) in [4.78, 5) is 22.0. The summed E-state index contributed by atoms with van der Waals surface area (Å²) in [5.74, 6) is -0.751. The van der Waals surface area contributed by atoms with Gasteiger partial charge < -0.3 is 10.3 Å². The normalized spacial score (nSPS) is 12.4. The van der Waals surface area contributed by atoms with E-state index >= 15 is 0 Å². The van der Waals surface area contributed by atoms with Gasteiger partial charge in [0.25, 0.3) is 5.56 Å². The summed E-state index contributed by atoms with van der Waals surface area (Å²) in [6.07, 6.45) is 0. The molecule has 0 saturated heterocycles. The Balaban J connectivity index is 1.62. The Hall–Kier alpha value is -2.90. The summed E-state index contributed by atoms with van der Waals surface area (Å²) in [5, 5.41) is 3.72. The lowest BCUT2D eigenvalue weighted by Crippen LogP contribution is -2.22. The number of aromatic nitrogens is 2. The third-order valence-electron chi connectivity index (χ3n) is 5.13. The van der Waals surface area contributed by atoms with E-state index in [1.54, 1.807) is 6.92 Å². The first kappa shape index (κ1) is 20.4. The SMILES string of the molecule is Cc1ccc(-c2c(C)sc3nc(CN[C@@H](C)c4ccc(F)cc4F)[nH]c(=O)c23)cc1. The first-order chi connectivity index (χ1) is 14.3. The molecular weight excluding hydrogens is 404 g/mol. The number of hydrogen-bond acceptors (Lipinski definition) is 4. The minimum atomic E-state index is -0.614. The number of H-pyrrole nitrogens is 1. The molecule has 7 heteroatoms. The Morgan fingerprint density at radius 1 is 1.13 bits per heavy atom. The molecule has 0 spiro atoms. The topological polar surface area (TPSA) is 57.8 Å². The predicted octanol–water partition coefficient (Wildman–Crippen LogP) is 5.40. The molecule has 0 aliphatic heterocycles. The Bertz CT molecular complexity index is 1280. The molecule has 2 heterocycles. The van der Waals surface area contributed by atoms with Crippen molar-refractivity contribution in [1.82, 2.24) is 15.3 Å². The minimum absolute atomic E-state index is 0.197. The number of nitrogens with one attached hydrogen (secondary N) is 2. The van der Waals surface area contributed by atoms with Crippen molar-refractivity contribution in [3.63, 3.8) is 0 Å². The van der Waals surface area contributed by atoms with Gasteiger partial charge >= 0.3 is 0 Å². The van der Waals surface area contributed by atoms with Gasteiger partial charge in [-0.1, -0.05) is 35.9 Å². The maximum Gasteiger partial charge on any atom is 0.260 e. The van der Waals surface area contributed by atoms with Crippen LogP contribution in [0.4, 0.5) is 8.78 Å². The van der Waals surface area contributed by atoms with Crippen molar-refractivity contribution in [3.05, 3.63) is 86.3 Å². The van der Waals surface area contributed by atoms with Gasteiger partial charge in [0, 0.05) is 28.1 Å². The van der Waals surface area contributed by atoms with Crippen LogP contribution >= 0.6 is 11.3 Å². The highest BCUT2D eigenvalue weighted by atomic mass is 32.1. The maximum absolute atomic E-state index is 14.0. The van der Waals surface area contributed by atoms with Gasteiger partial charge in [-0.2, -0.15) is 0 Å². The molecule has 4 aromatic rings. The van der Waals surface area contributed by atoms with E-state index in [-0.39, 0.29) is 18.1 Å². The van der Waals surface area contributed by atoms with Gasteiger partial charge in [0.2, 0.25) is 0 Å². The molecule has 4 rings (SSSR count). The van der Waals surface area contributed by atoms with Crippen molar-refractivity contribution >= 4 is 21.6 Å². The van der Waals surface area contributed by atoms with Gasteiger partial charge in [-0.15, -0.1) is 11.3 Å². The molecule has 2 aromatic carbocycles. The van der Waals surface area contributed by atoms with E-state index in [9.17, 15) is 13.6 Å². The van der Waals surface area contributed by atoms with Crippen LogP contribution < -0.4 is 10.9 Å². The third-order valence-corrected chi connectivity index (χ3v) is 6.13. The number of hydrogen-bond donors (Lipinski definition) is 2. The quantitative estimate of drug-likeness (QED) is 0.450. The lowest BCUT2D eigenvalue weighted by molar-refractivity contribution is 0.511. The standard InChI is InChI=1S/C23H21F2N3OS/c1-12-4-6-15(7-5-12)20-14(3)30-23-21(20)22(29)27-19(28-23)11-26-13(2)17-9-8-16(24)10-18(17)25/h4-10,13,26H,11H2,1-3H3,(H,27,28,29)/t13-/m0/s1. The van der Waals surface area contributed by atoms with E-state index in [1.165, 1.54) is 23.5 Å². The molecule has 2 N–H and O–H groups in total. The van der Waals surface area contributed by atoms with Crippen LogP contribution in [0.25, 0.3) is 21.3 Å². The van der Waals surface area contributed by atoms with Gasteiger partial charge in [-0.05, 0) is 32.4 Å². The molecule has 0 amide bonds. The number of thiophene rings is 1. The Morgan fingerprint density at radius 2 is 1.87 bits per heavy atom. The number of aryl methyl sites for hydroxylation is 2. The molecule has 154 valence electrons. The van der Waals surface area contributed by atoms with Gasteiger partial charge in [-0.25, -0.2) is 13.8 Å². The fourth-order valence-corrected chi connectivity index (χ4v) is 4.59. The average molecular weight is 426 g/mol. The van der Waals surface area contributed by atoms with Crippen LogP contribution in [0, 0.1) is 25.5 Å². The van der Waals surface area contributed by atoms with Crippen LogP contribution in [0.1, 0.15) is 34.8 Å². The highest BCUT2D eigenvalue weighted by Gasteiger charge is 2.17. The van der Waals surface area contributed by atoms with Crippen LogP contribution in [-0.4, -0.2) is 9.97 Å². The maximum atomic E-state index is 14.0. The average Bonchev–Trinajstić information content (AvgIpc) is 3.03. The molecule has 0 fully saturated rings. The number of fused-ring (bicyclic) bond motifs is 1. The number of halogens is 2. The zero-order chi connectivity index (χ0) is 21.4. The van der Waals surface area contributed by atoms with E-state index in [2.05, 4.69) is 15.3 Å². The predicted molar refractivity (Wildman–Crippen MR) is 117 cm³/mol. The second kappa shape index (κ2) is 8.08. The summed E-state index contributed by atoms with van der Waals surface area (Å²) >= 11 is 1.48. The summed E-state index contributed by atoms with van der Waals surface area (Å²) in [5.41, 5.74) is 3.21. The lowest BCUT2D eigenvalue weighted by Gasteiger charge is -2.14. The van der Waals surface area contributed by atoms with Crippen molar-refractivity contribution in [2.75, 3.05) is 0 Å². The van der Waals surface area contributed by atoms with E-state index in [0.29, 0.717) is 21.6 Å². The largest absolute Gasteiger partial charge is 0.309 e. The highest BCUT2D eigenvalue weighted by Crippen LogP contribution is 2.35. The zero-order valence-corrected chi connectivity index (χ0v) is 17.7. The molecule has 0 radical (unpaired) electrons. The van der Waals surface area contributed by atoms with E-state index in [0.717, 1.165) is 27.6 Å². The van der Waals surface area contributed by atoms with Crippen molar-refractivity contribution in [1.29, 1.82) is 0 Å². The molecule has 4 nitrogen and oxygen atoms in total. The number of aromatic amines is 1. The van der Waals surface area contributed by atoms with Crippen molar-refractivity contribution in [2.45, 2.75) is 33.4 Å². The first-order valence-corrected chi connectivity index (χ1v) is 10.4. The molecule has 0 unspecified atom stereocenters. The number of rotatable bonds is 5. The van der Waals surface area contributed by atoms with Gasteiger partial charge in [0.15, 0.2) is 0 Å². The van der Waals surface area contributed by atoms with Crippen LogP contribution in [-0.2, 0) is 6.54 Å². The van der Waals surface area contributed by atoms with Crippen LogP contribution in [0.15, 0.2) is 47.3 Å². The van der Waals surface area contributed by atoms with Crippen LogP contribution in [0.5, 0.6) is 0 Å².